The first-order valence-corrected chi connectivity index (χ1v) is 4.44. The van der Waals surface area contributed by atoms with Gasteiger partial charge in [-0.3, -0.25) is 4.57 Å². The van der Waals surface area contributed by atoms with Crippen molar-refractivity contribution in [2.24, 2.45) is 0 Å². The van der Waals surface area contributed by atoms with Gasteiger partial charge < -0.3 is 0 Å². The van der Waals surface area contributed by atoms with Crippen LogP contribution in [-0.2, 0) is 6.54 Å². The molecule has 0 N–H and O–H groups in total. The number of rotatable bonds is 3. The average Bonchev–Trinajstić information content (AvgIpc) is 2.85. The molecule has 0 aliphatic heterocycles. The zero-order valence-corrected chi connectivity index (χ0v) is 8.01. The lowest BCUT2D eigenvalue weighted by atomic mass is 10.4. The van der Waals surface area contributed by atoms with E-state index >= 15 is 0 Å². The minimum Gasteiger partial charge on any atom is -0.298 e. The number of aromatic nitrogens is 5. The Morgan fingerprint density at radius 2 is 2.27 bits per heavy atom. The van der Waals surface area contributed by atoms with Crippen molar-refractivity contribution in [1.29, 1.82) is 0 Å². The summed E-state index contributed by atoms with van der Waals surface area (Å²) in [5.74, 6) is 0.304. The third-order valence-corrected chi connectivity index (χ3v) is 2.02. The van der Waals surface area contributed by atoms with Crippen molar-refractivity contribution in [3.63, 3.8) is 0 Å². The van der Waals surface area contributed by atoms with Gasteiger partial charge in [-0.2, -0.15) is 9.78 Å². The molecular weight excluding hydrogens is 204 g/mol. The summed E-state index contributed by atoms with van der Waals surface area (Å²) in [5.41, 5.74) is -0.183. The van der Waals surface area contributed by atoms with Gasteiger partial charge in [0.2, 0.25) is 0 Å². The van der Waals surface area contributed by atoms with E-state index in [-0.39, 0.29) is 5.69 Å². The predicted molar refractivity (Wildman–Crippen MR) is 47.8 cm³/mol. The fourth-order valence-corrected chi connectivity index (χ4v) is 1.28. The molecule has 0 bridgehead atoms. The van der Waals surface area contributed by atoms with Crippen molar-refractivity contribution in [2.75, 3.05) is 0 Å². The van der Waals surface area contributed by atoms with Crippen LogP contribution < -0.4 is 0 Å². The van der Waals surface area contributed by atoms with E-state index in [0.717, 1.165) is 4.68 Å². The molecule has 15 heavy (non-hydrogen) atoms. The summed E-state index contributed by atoms with van der Waals surface area (Å²) in [7, 11) is 0. The summed E-state index contributed by atoms with van der Waals surface area (Å²) in [6.07, 6.45) is 0.220. The van der Waals surface area contributed by atoms with E-state index in [1.54, 1.807) is 4.57 Å². The summed E-state index contributed by atoms with van der Waals surface area (Å²) < 4.78 is 27.9. The smallest absolute Gasteiger partial charge is 0.280 e. The summed E-state index contributed by atoms with van der Waals surface area (Å²) >= 11 is 0. The van der Waals surface area contributed by atoms with Crippen LogP contribution in [0.2, 0.25) is 0 Å². The van der Waals surface area contributed by atoms with Crippen molar-refractivity contribution < 1.29 is 8.78 Å². The highest BCUT2D eigenvalue weighted by atomic mass is 19.3. The standard InChI is InChI=1S/C8H9F2N5/c1-2-14-5-11-13-8(14)15-6(7(9)10)3-4-12-15/h3-5,7H,2H2,1H3. The molecule has 5 nitrogen and oxygen atoms in total. The molecule has 0 saturated heterocycles. The van der Waals surface area contributed by atoms with Gasteiger partial charge in [-0.25, -0.2) is 8.78 Å². The molecule has 0 saturated carbocycles. The molecule has 80 valence electrons. The van der Waals surface area contributed by atoms with Crippen LogP contribution in [0.1, 0.15) is 19.0 Å². The second-order valence-corrected chi connectivity index (χ2v) is 2.89. The SMILES string of the molecule is CCn1cnnc1-n1nccc1C(F)F. The Hall–Kier alpha value is -1.79. The Labute approximate surface area is 84.3 Å². The second-order valence-electron chi connectivity index (χ2n) is 2.89. The van der Waals surface area contributed by atoms with E-state index in [2.05, 4.69) is 15.3 Å². The lowest BCUT2D eigenvalue weighted by Crippen LogP contribution is -2.09. The van der Waals surface area contributed by atoms with Crippen LogP contribution >= 0.6 is 0 Å². The molecule has 0 aliphatic rings. The van der Waals surface area contributed by atoms with Gasteiger partial charge >= 0.3 is 0 Å². The van der Waals surface area contributed by atoms with Crippen LogP contribution in [0.15, 0.2) is 18.6 Å². The van der Waals surface area contributed by atoms with Gasteiger partial charge in [-0.15, -0.1) is 10.2 Å². The van der Waals surface area contributed by atoms with Crippen LogP contribution in [0.25, 0.3) is 5.95 Å². The maximum Gasteiger partial charge on any atom is 0.280 e. The minimum atomic E-state index is -2.57. The van der Waals surface area contributed by atoms with Gasteiger partial charge in [-0.1, -0.05) is 0 Å². The first-order valence-electron chi connectivity index (χ1n) is 4.44. The molecule has 2 aromatic rings. The number of nitrogens with zero attached hydrogens (tertiary/aromatic N) is 5. The van der Waals surface area contributed by atoms with Crippen molar-refractivity contribution in [2.45, 2.75) is 19.9 Å². The Balaban J connectivity index is 2.49. The predicted octanol–water partition coefficient (Wildman–Crippen LogP) is 1.42. The van der Waals surface area contributed by atoms with Crippen molar-refractivity contribution in [1.82, 2.24) is 24.5 Å². The van der Waals surface area contributed by atoms with Crippen LogP contribution in [-0.4, -0.2) is 24.5 Å². The van der Waals surface area contributed by atoms with Crippen LogP contribution in [0.4, 0.5) is 8.78 Å². The molecule has 2 heterocycles. The quantitative estimate of drug-likeness (QED) is 0.774. The average molecular weight is 213 g/mol. The third kappa shape index (κ3) is 1.60. The fraction of sp³-hybridized carbons (Fsp3) is 0.375. The van der Waals surface area contributed by atoms with Gasteiger partial charge in [0.05, 0.1) is 0 Å². The summed E-state index contributed by atoms with van der Waals surface area (Å²) in [4.78, 5) is 0. The van der Waals surface area contributed by atoms with E-state index in [0.29, 0.717) is 12.5 Å². The molecule has 0 unspecified atom stereocenters. The van der Waals surface area contributed by atoms with Gasteiger partial charge in [-0.05, 0) is 13.0 Å². The Morgan fingerprint density at radius 3 is 2.93 bits per heavy atom. The third-order valence-electron chi connectivity index (χ3n) is 2.02. The van der Waals surface area contributed by atoms with E-state index in [1.165, 1.54) is 18.6 Å². The largest absolute Gasteiger partial charge is 0.298 e. The second kappa shape index (κ2) is 3.76. The van der Waals surface area contributed by atoms with Crippen LogP contribution in [0.5, 0.6) is 0 Å². The lowest BCUT2D eigenvalue weighted by molar-refractivity contribution is 0.142. The monoisotopic (exact) mass is 213 g/mol. The molecular formula is C8H9F2N5. The summed E-state index contributed by atoms with van der Waals surface area (Å²) in [6, 6.07) is 1.26. The molecule has 0 radical (unpaired) electrons. The molecule has 7 heteroatoms. The van der Waals surface area contributed by atoms with Gasteiger partial charge in [0.1, 0.15) is 12.0 Å². The van der Waals surface area contributed by atoms with Gasteiger partial charge in [0, 0.05) is 12.7 Å². The first-order chi connectivity index (χ1) is 7.24. The van der Waals surface area contributed by atoms with Crippen molar-refractivity contribution >= 4 is 0 Å². The topological polar surface area (TPSA) is 48.5 Å². The number of hydrogen-bond donors (Lipinski definition) is 0. The Morgan fingerprint density at radius 1 is 1.47 bits per heavy atom. The van der Waals surface area contributed by atoms with Crippen molar-refractivity contribution in [3.8, 4) is 5.95 Å². The normalized spacial score (nSPS) is 11.2. The van der Waals surface area contributed by atoms with E-state index in [1.807, 2.05) is 6.92 Å². The summed E-state index contributed by atoms with van der Waals surface area (Å²) in [6.45, 7) is 2.48. The molecule has 2 aromatic heterocycles. The highest BCUT2D eigenvalue weighted by Gasteiger charge is 2.17. The Bertz CT molecular complexity index is 447. The summed E-state index contributed by atoms with van der Waals surface area (Å²) in [5, 5.41) is 11.2. The first kappa shape index (κ1) is 9.75. The highest BCUT2D eigenvalue weighted by molar-refractivity contribution is 5.16. The molecule has 0 spiro atoms. The van der Waals surface area contributed by atoms with Gasteiger partial charge in [0.15, 0.2) is 0 Å². The fourth-order valence-electron chi connectivity index (χ4n) is 1.28. The zero-order chi connectivity index (χ0) is 10.8. The molecule has 0 aliphatic carbocycles. The van der Waals surface area contributed by atoms with Crippen LogP contribution in [0, 0.1) is 0 Å². The Kier molecular flexibility index (Phi) is 2.44. The number of aryl methyl sites for hydroxylation is 1. The van der Waals surface area contributed by atoms with Crippen molar-refractivity contribution in [3.05, 3.63) is 24.3 Å². The zero-order valence-electron chi connectivity index (χ0n) is 8.01. The van der Waals surface area contributed by atoms with E-state index in [4.69, 9.17) is 0 Å². The molecule has 0 amide bonds. The lowest BCUT2D eigenvalue weighted by Gasteiger charge is -2.06. The molecule has 0 atom stereocenters. The van der Waals surface area contributed by atoms with Crippen LogP contribution in [0.3, 0.4) is 0 Å². The molecule has 2 rings (SSSR count). The number of alkyl halides is 2. The maximum absolute atomic E-state index is 12.6. The van der Waals surface area contributed by atoms with E-state index < -0.39 is 6.43 Å². The molecule has 0 aromatic carbocycles. The maximum atomic E-state index is 12.6. The number of halogens is 2. The molecule has 0 fully saturated rings. The van der Waals surface area contributed by atoms with E-state index in [9.17, 15) is 8.78 Å². The highest BCUT2D eigenvalue weighted by Crippen LogP contribution is 2.20. The number of hydrogen-bond acceptors (Lipinski definition) is 3. The van der Waals surface area contributed by atoms with Gasteiger partial charge in [0.25, 0.3) is 12.4 Å². The minimum absolute atomic E-state index is 0.183.